The van der Waals surface area contributed by atoms with Crippen LogP contribution in [0.15, 0.2) is 0 Å². The standard InChI is InChI=1S/C6H18N2O2Si/c1-3-5(8-4(2)7)11-6(9)10/h4-6,8-10H,3,7,11H2,1-2H3. The Hall–Kier alpha value is 0.0569. The van der Waals surface area contributed by atoms with Gasteiger partial charge < -0.3 is 21.3 Å². The molecule has 0 fully saturated rings. The quantitative estimate of drug-likeness (QED) is 0.292. The molecule has 68 valence electrons. The van der Waals surface area contributed by atoms with Gasteiger partial charge in [0.25, 0.3) is 0 Å². The van der Waals surface area contributed by atoms with Crippen molar-refractivity contribution in [2.24, 2.45) is 5.73 Å². The van der Waals surface area contributed by atoms with Crippen LogP contribution in [0.3, 0.4) is 0 Å². The van der Waals surface area contributed by atoms with Crippen molar-refractivity contribution in [3.63, 3.8) is 0 Å². The second-order valence-electron chi connectivity index (χ2n) is 2.78. The number of rotatable bonds is 5. The van der Waals surface area contributed by atoms with Crippen molar-refractivity contribution in [1.82, 2.24) is 5.32 Å². The van der Waals surface area contributed by atoms with Gasteiger partial charge >= 0.3 is 0 Å². The SMILES string of the molecule is CCC(NC(C)N)[SiH2]C(O)O. The summed E-state index contributed by atoms with van der Waals surface area (Å²) >= 11 is 0. The lowest BCUT2D eigenvalue weighted by Crippen LogP contribution is -2.47. The Bertz CT molecular complexity index is 90.6. The molecule has 0 rings (SSSR count). The van der Waals surface area contributed by atoms with E-state index < -0.39 is 15.4 Å². The van der Waals surface area contributed by atoms with Gasteiger partial charge in [-0.3, -0.25) is 0 Å². The molecule has 0 amide bonds. The van der Waals surface area contributed by atoms with Crippen LogP contribution in [0.5, 0.6) is 0 Å². The number of aliphatic hydroxyl groups excluding tert-OH is 1. The van der Waals surface area contributed by atoms with Crippen LogP contribution in [-0.4, -0.2) is 37.5 Å². The van der Waals surface area contributed by atoms with Gasteiger partial charge in [0.2, 0.25) is 0 Å². The lowest BCUT2D eigenvalue weighted by atomic mass is 10.4. The summed E-state index contributed by atoms with van der Waals surface area (Å²) in [5, 5.41) is 20.5. The predicted molar refractivity (Wildman–Crippen MR) is 47.6 cm³/mol. The molecule has 0 aromatic rings. The van der Waals surface area contributed by atoms with E-state index in [0.29, 0.717) is 0 Å². The number of aliphatic hydroxyl groups is 2. The highest BCUT2D eigenvalue weighted by Crippen LogP contribution is 1.90. The van der Waals surface area contributed by atoms with E-state index in [1.807, 2.05) is 13.8 Å². The summed E-state index contributed by atoms with van der Waals surface area (Å²) in [6, 6.07) is 0. The van der Waals surface area contributed by atoms with Crippen LogP contribution in [0.4, 0.5) is 0 Å². The molecule has 0 spiro atoms. The molecule has 0 aliphatic rings. The Labute approximate surface area is 69.6 Å². The van der Waals surface area contributed by atoms with Crippen molar-refractivity contribution in [3.05, 3.63) is 0 Å². The molecule has 0 aromatic carbocycles. The normalized spacial score (nSPS) is 18.0. The molecule has 0 aliphatic heterocycles. The largest absolute Gasteiger partial charge is 0.372 e. The van der Waals surface area contributed by atoms with Gasteiger partial charge in [-0.1, -0.05) is 6.92 Å². The van der Waals surface area contributed by atoms with Gasteiger partial charge in [-0.05, 0) is 13.3 Å². The second-order valence-corrected chi connectivity index (χ2v) is 4.96. The molecule has 0 aromatic heterocycles. The molecule has 0 radical (unpaired) electrons. The molecule has 4 nitrogen and oxygen atoms in total. The summed E-state index contributed by atoms with van der Waals surface area (Å²) in [6.45, 7) is 3.86. The summed E-state index contributed by atoms with van der Waals surface area (Å²) in [7, 11) is -0.863. The average Bonchev–Trinajstić information content (AvgIpc) is 1.84. The summed E-state index contributed by atoms with van der Waals surface area (Å²) in [4.78, 5) is 0. The summed E-state index contributed by atoms with van der Waals surface area (Å²) in [5.41, 5.74) is 5.72. The molecular formula is C6H18N2O2Si. The maximum atomic E-state index is 8.70. The minimum absolute atomic E-state index is 0.0637. The monoisotopic (exact) mass is 178 g/mol. The number of hydrogen-bond acceptors (Lipinski definition) is 4. The van der Waals surface area contributed by atoms with Crippen molar-refractivity contribution in [2.75, 3.05) is 0 Å². The summed E-state index contributed by atoms with van der Waals surface area (Å²) in [6.07, 6.45) is 0.844. The van der Waals surface area contributed by atoms with Crippen LogP contribution < -0.4 is 11.1 Å². The lowest BCUT2D eigenvalue weighted by Gasteiger charge is -2.19. The van der Waals surface area contributed by atoms with E-state index in [1.165, 1.54) is 0 Å². The van der Waals surface area contributed by atoms with Crippen molar-refractivity contribution in [1.29, 1.82) is 0 Å². The van der Waals surface area contributed by atoms with Crippen LogP contribution in [0.25, 0.3) is 0 Å². The van der Waals surface area contributed by atoms with E-state index in [-0.39, 0.29) is 11.8 Å². The molecule has 2 atom stereocenters. The third-order valence-electron chi connectivity index (χ3n) is 1.49. The van der Waals surface area contributed by atoms with Crippen LogP contribution in [0.1, 0.15) is 20.3 Å². The number of hydrogen-bond donors (Lipinski definition) is 4. The van der Waals surface area contributed by atoms with Crippen LogP contribution in [-0.2, 0) is 0 Å². The van der Waals surface area contributed by atoms with Gasteiger partial charge in [-0.2, -0.15) is 0 Å². The average molecular weight is 178 g/mol. The van der Waals surface area contributed by atoms with Crippen molar-refractivity contribution in [3.8, 4) is 0 Å². The van der Waals surface area contributed by atoms with E-state index in [0.717, 1.165) is 6.42 Å². The molecule has 2 unspecified atom stereocenters. The molecule has 5 N–H and O–H groups in total. The van der Waals surface area contributed by atoms with Gasteiger partial charge in [-0.15, -0.1) is 0 Å². The number of nitrogens with one attached hydrogen (secondary N) is 1. The Balaban J connectivity index is 3.58. The van der Waals surface area contributed by atoms with Crippen molar-refractivity contribution in [2.45, 2.75) is 38.0 Å². The van der Waals surface area contributed by atoms with Gasteiger partial charge in [0.1, 0.15) is 15.4 Å². The predicted octanol–water partition coefficient (Wildman–Crippen LogP) is -1.95. The molecular weight excluding hydrogens is 160 g/mol. The van der Waals surface area contributed by atoms with E-state index in [1.54, 1.807) is 0 Å². The molecule has 0 saturated carbocycles. The maximum absolute atomic E-state index is 8.70. The highest BCUT2D eigenvalue weighted by molar-refractivity contribution is 6.38. The third-order valence-corrected chi connectivity index (χ3v) is 3.29. The van der Waals surface area contributed by atoms with Crippen LogP contribution in [0, 0.1) is 0 Å². The minimum Gasteiger partial charge on any atom is -0.372 e. The molecule has 0 bridgehead atoms. The first kappa shape index (κ1) is 11.1. The zero-order valence-electron chi connectivity index (χ0n) is 7.12. The highest BCUT2D eigenvalue weighted by atomic mass is 28.2. The zero-order chi connectivity index (χ0) is 8.85. The van der Waals surface area contributed by atoms with E-state index >= 15 is 0 Å². The topological polar surface area (TPSA) is 78.5 Å². The molecule has 0 aliphatic carbocycles. The van der Waals surface area contributed by atoms with Gasteiger partial charge in [0.05, 0.1) is 6.17 Å². The summed E-state index contributed by atoms with van der Waals surface area (Å²) in [5.74, 6) is -1.11. The molecule has 0 saturated heterocycles. The molecule has 5 heteroatoms. The lowest BCUT2D eigenvalue weighted by molar-refractivity contribution is 0.0275. The fourth-order valence-corrected chi connectivity index (χ4v) is 2.33. The van der Waals surface area contributed by atoms with Crippen LogP contribution in [0.2, 0.25) is 0 Å². The first-order valence-corrected chi connectivity index (χ1v) is 5.57. The fraction of sp³-hybridized carbons (Fsp3) is 1.00. The smallest absolute Gasteiger partial charge is 0.130 e. The third kappa shape index (κ3) is 6.45. The zero-order valence-corrected chi connectivity index (χ0v) is 8.53. The van der Waals surface area contributed by atoms with E-state index in [2.05, 4.69) is 5.32 Å². The first-order valence-electron chi connectivity index (χ1n) is 3.94. The van der Waals surface area contributed by atoms with Crippen molar-refractivity contribution < 1.29 is 10.2 Å². The Morgan fingerprint density at radius 2 is 2.09 bits per heavy atom. The fourth-order valence-electron chi connectivity index (χ4n) is 0.979. The Morgan fingerprint density at radius 3 is 2.36 bits per heavy atom. The summed E-state index contributed by atoms with van der Waals surface area (Å²) < 4.78 is 0. The second kappa shape index (κ2) is 5.67. The maximum Gasteiger partial charge on any atom is 0.130 e. The Kier molecular flexibility index (Phi) is 5.70. The van der Waals surface area contributed by atoms with Gasteiger partial charge in [0.15, 0.2) is 0 Å². The highest BCUT2D eigenvalue weighted by Gasteiger charge is 2.11. The van der Waals surface area contributed by atoms with Crippen LogP contribution >= 0.6 is 0 Å². The van der Waals surface area contributed by atoms with E-state index in [4.69, 9.17) is 15.9 Å². The Morgan fingerprint density at radius 1 is 1.55 bits per heavy atom. The molecule has 11 heavy (non-hydrogen) atoms. The minimum atomic E-state index is -1.11. The first-order chi connectivity index (χ1) is 5.06. The van der Waals surface area contributed by atoms with E-state index in [9.17, 15) is 0 Å². The van der Waals surface area contributed by atoms with Gasteiger partial charge in [-0.25, -0.2) is 0 Å². The number of nitrogens with two attached hydrogens (primary N) is 1. The molecule has 0 heterocycles. The van der Waals surface area contributed by atoms with Gasteiger partial charge in [0, 0.05) is 5.67 Å². The van der Waals surface area contributed by atoms with Crippen molar-refractivity contribution >= 4 is 9.52 Å².